The fraction of sp³-hybridized carbons (Fsp3) is 0.667. The van der Waals surface area contributed by atoms with Gasteiger partial charge < -0.3 is 4.90 Å². The van der Waals surface area contributed by atoms with Crippen LogP contribution in [-0.2, 0) is 4.79 Å². The van der Waals surface area contributed by atoms with E-state index in [0.717, 1.165) is 60.8 Å². The molecule has 0 saturated heterocycles. The maximum atomic E-state index is 14.1. The van der Waals surface area contributed by atoms with Gasteiger partial charge in [0.15, 0.2) is 5.13 Å². The maximum absolute atomic E-state index is 14.1. The van der Waals surface area contributed by atoms with Crippen molar-refractivity contribution in [3.8, 4) is 0 Å². The average Bonchev–Trinajstić information content (AvgIpc) is 3.04. The number of aryl methyl sites for hydroxylation is 2. The van der Waals surface area contributed by atoms with Crippen LogP contribution in [0.4, 0.5) is 5.13 Å². The molecule has 0 aliphatic heterocycles. The van der Waals surface area contributed by atoms with Crippen molar-refractivity contribution in [1.82, 2.24) is 9.88 Å². The molecule has 156 valence electrons. The molecular weight excluding hydrogens is 378 g/mol. The van der Waals surface area contributed by atoms with Crippen LogP contribution in [-0.4, -0.2) is 43.0 Å². The van der Waals surface area contributed by atoms with Crippen molar-refractivity contribution < 1.29 is 4.79 Å². The van der Waals surface area contributed by atoms with E-state index in [1.807, 2.05) is 0 Å². The van der Waals surface area contributed by atoms with Gasteiger partial charge in [0.05, 0.1) is 15.6 Å². The van der Waals surface area contributed by atoms with Crippen molar-refractivity contribution in [2.45, 2.75) is 52.4 Å². The molecule has 1 heterocycles. The van der Waals surface area contributed by atoms with Crippen molar-refractivity contribution >= 4 is 32.6 Å². The fourth-order valence-electron chi connectivity index (χ4n) is 6.72. The van der Waals surface area contributed by atoms with Crippen molar-refractivity contribution in [3.05, 3.63) is 23.3 Å². The Morgan fingerprint density at radius 2 is 1.69 bits per heavy atom. The van der Waals surface area contributed by atoms with Gasteiger partial charge in [-0.2, -0.15) is 0 Å². The number of nitrogens with zero attached hydrogens (tertiary/aromatic N) is 3. The first-order valence-corrected chi connectivity index (χ1v) is 12.0. The van der Waals surface area contributed by atoms with Crippen molar-refractivity contribution in [2.75, 3.05) is 32.1 Å². The number of hydrogen-bond acceptors (Lipinski definition) is 4. The smallest absolute Gasteiger partial charge is 0.235 e. The van der Waals surface area contributed by atoms with E-state index in [9.17, 15) is 4.79 Å². The zero-order valence-corrected chi connectivity index (χ0v) is 19.0. The van der Waals surface area contributed by atoms with Crippen LogP contribution >= 0.6 is 11.3 Å². The number of rotatable bonds is 5. The highest BCUT2D eigenvalue weighted by molar-refractivity contribution is 7.22. The molecule has 4 aliphatic carbocycles. The van der Waals surface area contributed by atoms with E-state index in [2.05, 4.69) is 49.9 Å². The molecule has 0 atom stereocenters. The fourth-order valence-corrected chi connectivity index (χ4v) is 7.76. The molecule has 1 amide bonds. The van der Waals surface area contributed by atoms with Gasteiger partial charge in [0.2, 0.25) is 5.91 Å². The largest absolute Gasteiger partial charge is 0.308 e. The van der Waals surface area contributed by atoms with Crippen LogP contribution in [0.1, 0.15) is 49.7 Å². The van der Waals surface area contributed by atoms with E-state index in [-0.39, 0.29) is 5.41 Å². The van der Waals surface area contributed by atoms with Gasteiger partial charge in [-0.3, -0.25) is 9.69 Å². The van der Waals surface area contributed by atoms with Gasteiger partial charge >= 0.3 is 0 Å². The van der Waals surface area contributed by atoms with Crippen LogP contribution in [0.3, 0.4) is 0 Å². The highest BCUT2D eigenvalue weighted by Crippen LogP contribution is 2.60. The number of thiazole rings is 1. The predicted molar refractivity (Wildman–Crippen MR) is 121 cm³/mol. The zero-order valence-electron chi connectivity index (χ0n) is 18.2. The third kappa shape index (κ3) is 3.40. The molecular formula is C24H33N3OS. The number of hydrogen-bond donors (Lipinski definition) is 0. The lowest BCUT2D eigenvalue weighted by Gasteiger charge is -2.56. The Balaban J connectivity index is 1.52. The molecule has 4 aliphatic rings. The van der Waals surface area contributed by atoms with Crippen molar-refractivity contribution in [3.63, 3.8) is 0 Å². The molecule has 1 aromatic carbocycles. The number of fused-ring (bicyclic) bond motifs is 1. The molecule has 4 saturated carbocycles. The van der Waals surface area contributed by atoms with Crippen LogP contribution in [0.15, 0.2) is 12.1 Å². The second-order valence-corrected chi connectivity index (χ2v) is 11.4. The van der Waals surface area contributed by atoms with Crippen LogP contribution < -0.4 is 4.90 Å². The molecule has 0 unspecified atom stereocenters. The lowest BCUT2D eigenvalue weighted by molar-refractivity contribution is -0.143. The van der Waals surface area contributed by atoms with E-state index in [0.29, 0.717) is 5.91 Å². The Labute approximate surface area is 178 Å². The first-order valence-electron chi connectivity index (χ1n) is 11.2. The first-order chi connectivity index (χ1) is 13.8. The number of carbonyl (C=O) groups excluding carboxylic acids is 1. The zero-order chi connectivity index (χ0) is 20.3. The van der Waals surface area contributed by atoms with Gasteiger partial charge in [0.25, 0.3) is 0 Å². The summed E-state index contributed by atoms with van der Waals surface area (Å²) in [5.41, 5.74) is 3.41. The van der Waals surface area contributed by atoms with E-state index in [4.69, 9.17) is 4.98 Å². The molecule has 4 nitrogen and oxygen atoms in total. The minimum atomic E-state index is -0.121. The number of carbonyl (C=O) groups is 1. The quantitative estimate of drug-likeness (QED) is 0.693. The number of amides is 1. The van der Waals surface area contributed by atoms with Gasteiger partial charge in [0.1, 0.15) is 0 Å². The summed E-state index contributed by atoms with van der Waals surface area (Å²) in [4.78, 5) is 23.3. The molecule has 4 fully saturated rings. The van der Waals surface area contributed by atoms with E-state index < -0.39 is 0 Å². The van der Waals surface area contributed by atoms with Crippen molar-refractivity contribution in [1.29, 1.82) is 0 Å². The third-order valence-corrected chi connectivity index (χ3v) is 8.78. The topological polar surface area (TPSA) is 36.4 Å². The molecule has 0 N–H and O–H groups in total. The molecule has 1 aromatic heterocycles. The summed E-state index contributed by atoms with van der Waals surface area (Å²) in [6.45, 7) is 5.87. The SMILES string of the molecule is Cc1cc(C)c2sc(N(CCN(C)C)C(=O)C34CC5CC(CC(C5)C3)C4)nc2c1. The molecule has 29 heavy (non-hydrogen) atoms. The Morgan fingerprint density at radius 3 is 2.28 bits per heavy atom. The normalized spacial score (nSPS) is 30.4. The highest BCUT2D eigenvalue weighted by Gasteiger charge is 2.56. The first kappa shape index (κ1) is 19.5. The summed E-state index contributed by atoms with van der Waals surface area (Å²) in [5, 5.41) is 0.899. The number of anilines is 1. The summed E-state index contributed by atoms with van der Waals surface area (Å²) in [5.74, 6) is 2.70. The molecule has 0 spiro atoms. The molecule has 6 rings (SSSR count). The van der Waals surface area contributed by atoms with E-state index in [1.54, 1.807) is 11.3 Å². The summed E-state index contributed by atoms with van der Waals surface area (Å²) in [6, 6.07) is 4.37. The number of likely N-dealkylation sites (N-methyl/N-ethyl adjacent to an activating group) is 1. The predicted octanol–water partition coefficient (Wildman–Crippen LogP) is 5.02. The Morgan fingerprint density at radius 1 is 1.07 bits per heavy atom. The van der Waals surface area contributed by atoms with Gasteiger partial charge in [-0.25, -0.2) is 4.98 Å². The molecule has 4 bridgehead atoms. The van der Waals surface area contributed by atoms with Gasteiger partial charge in [-0.05, 0) is 101 Å². The average molecular weight is 412 g/mol. The van der Waals surface area contributed by atoms with Crippen LogP contribution in [0.5, 0.6) is 0 Å². The van der Waals surface area contributed by atoms with Gasteiger partial charge in [-0.1, -0.05) is 17.4 Å². The minimum absolute atomic E-state index is 0.121. The van der Waals surface area contributed by atoms with Gasteiger partial charge in [-0.15, -0.1) is 0 Å². The summed E-state index contributed by atoms with van der Waals surface area (Å²) in [6.07, 6.45) is 7.43. The summed E-state index contributed by atoms with van der Waals surface area (Å²) < 4.78 is 1.22. The Bertz CT molecular complexity index is 912. The number of aromatic nitrogens is 1. The van der Waals surface area contributed by atoms with Gasteiger partial charge in [0, 0.05) is 13.1 Å². The molecule has 0 radical (unpaired) electrons. The molecule has 5 heteroatoms. The Kier molecular flexibility index (Phi) is 4.74. The Hall–Kier alpha value is -1.46. The summed E-state index contributed by atoms with van der Waals surface area (Å²) in [7, 11) is 4.17. The van der Waals surface area contributed by atoms with E-state index in [1.165, 1.54) is 35.1 Å². The monoisotopic (exact) mass is 411 g/mol. The lowest BCUT2D eigenvalue weighted by Crippen LogP contribution is -2.55. The summed E-state index contributed by atoms with van der Waals surface area (Å²) >= 11 is 1.70. The standard InChI is InChI=1S/C24H33N3OS/c1-15-7-16(2)21-20(8-15)25-23(29-21)27(6-5-26(3)4)22(28)24-12-17-9-18(13-24)11-19(10-17)14-24/h7-8,17-19H,5-6,9-14H2,1-4H3. The highest BCUT2D eigenvalue weighted by atomic mass is 32.1. The second-order valence-electron chi connectivity index (χ2n) is 10.4. The minimum Gasteiger partial charge on any atom is -0.308 e. The lowest BCUT2D eigenvalue weighted by atomic mass is 9.49. The van der Waals surface area contributed by atoms with Crippen LogP contribution in [0.2, 0.25) is 0 Å². The maximum Gasteiger partial charge on any atom is 0.235 e. The van der Waals surface area contributed by atoms with Crippen LogP contribution in [0.25, 0.3) is 10.2 Å². The molecule has 2 aromatic rings. The van der Waals surface area contributed by atoms with Crippen molar-refractivity contribution in [2.24, 2.45) is 23.2 Å². The van der Waals surface area contributed by atoms with Crippen LogP contribution in [0, 0.1) is 37.0 Å². The third-order valence-electron chi connectivity index (χ3n) is 7.55. The van der Waals surface area contributed by atoms with E-state index >= 15 is 0 Å². The second kappa shape index (κ2) is 7.05. The number of benzene rings is 1.